The van der Waals surface area contributed by atoms with Crippen LogP contribution in [0.2, 0.25) is 0 Å². The summed E-state index contributed by atoms with van der Waals surface area (Å²) in [5, 5.41) is 17.5. The van der Waals surface area contributed by atoms with Gasteiger partial charge in [-0.15, -0.1) is 0 Å². The molecule has 10 heteroatoms. The molecule has 0 saturated heterocycles. The summed E-state index contributed by atoms with van der Waals surface area (Å²) in [4.78, 5) is 32.7. The van der Waals surface area contributed by atoms with Crippen LogP contribution in [0, 0.1) is 0 Å². The first-order valence-electron chi connectivity index (χ1n) is 6.00. The summed E-state index contributed by atoms with van der Waals surface area (Å²) < 4.78 is 21.2. The van der Waals surface area contributed by atoms with Crippen LogP contribution in [0.4, 0.5) is 4.79 Å². The minimum Gasteiger partial charge on any atom is -0.481 e. The van der Waals surface area contributed by atoms with Gasteiger partial charge in [-0.3, -0.25) is 14.9 Å². The minimum absolute atomic E-state index is 0.0208. The summed E-state index contributed by atoms with van der Waals surface area (Å²) in [6.45, 7) is 0.0779. The van der Waals surface area contributed by atoms with Gasteiger partial charge in [0.15, 0.2) is 0 Å². The fourth-order valence-corrected chi connectivity index (χ4v) is 1.82. The molecule has 0 spiro atoms. The van der Waals surface area contributed by atoms with E-state index in [4.69, 9.17) is 10.2 Å². The van der Waals surface area contributed by atoms with Crippen molar-refractivity contribution in [2.24, 2.45) is 5.14 Å². The summed E-state index contributed by atoms with van der Waals surface area (Å²) in [5.41, 5.74) is 0. The van der Waals surface area contributed by atoms with E-state index in [-0.39, 0.29) is 31.6 Å². The summed E-state index contributed by atoms with van der Waals surface area (Å²) in [7, 11) is -3.55. The van der Waals surface area contributed by atoms with E-state index in [1.54, 1.807) is 0 Å². The maximum atomic E-state index is 11.3. The van der Waals surface area contributed by atoms with Crippen molar-refractivity contribution in [3.05, 3.63) is 0 Å². The van der Waals surface area contributed by atoms with Crippen LogP contribution in [-0.4, -0.2) is 43.7 Å². The molecule has 0 radical (unpaired) electrons. The molecule has 3 amide bonds. The van der Waals surface area contributed by atoms with Crippen LogP contribution in [0.1, 0.15) is 32.1 Å². The molecule has 0 heterocycles. The Morgan fingerprint density at radius 2 is 1.65 bits per heavy atom. The van der Waals surface area contributed by atoms with Crippen molar-refractivity contribution < 1.29 is 27.9 Å². The molecule has 5 N–H and O–H groups in total. The molecule has 0 aliphatic rings. The Labute approximate surface area is 117 Å². The van der Waals surface area contributed by atoms with E-state index in [1.807, 2.05) is 5.32 Å². The number of carbonyl (C=O) groups is 3. The Balaban J connectivity index is 3.65. The molecule has 0 saturated carbocycles. The molecule has 0 aliphatic carbocycles. The molecule has 0 rings (SSSR count). The number of primary sulfonamides is 1. The third-order valence-electron chi connectivity index (χ3n) is 2.19. The fraction of sp³-hybridized carbons (Fsp3) is 0.700. The smallest absolute Gasteiger partial charge is 0.321 e. The monoisotopic (exact) mass is 309 g/mol. The second-order valence-corrected chi connectivity index (χ2v) is 5.86. The van der Waals surface area contributed by atoms with Gasteiger partial charge in [-0.2, -0.15) is 0 Å². The zero-order chi connectivity index (χ0) is 15.6. The van der Waals surface area contributed by atoms with E-state index >= 15 is 0 Å². The Hall–Kier alpha value is -1.68. The van der Waals surface area contributed by atoms with E-state index in [0.717, 1.165) is 0 Å². The number of imide groups is 1. The van der Waals surface area contributed by atoms with Crippen molar-refractivity contribution in [3.63, 3.8) is 0 Å². The number of sulfonamides is 1. The van der Waals surface area contributed by atoms with Gasteiger partial charge in [-0.05, 0) is 19.3 Å². The molecule has 0 aromatic rings. The predicted molar refractivity (Wildman–Crippen MR) is 70.2 cm³/mol. The number of unbranched alkanes of at least 4 members (excludes halogenated alkanes) is 1. The van der Waals surface area contributed by atoms with Crippen molar-refractivity contribution in [1.29, 1.82) is 0 Å². The number of rotatable bonds is 9. The fourth-order valence-electron chi connectivity index (χ4n) is 1.27. The normalized spacial score (nSPS) is 10.8. The first kappa shape index (κ1) is 18.3. The Morgan fingerprint density at radius 3 is 2.20 bits per heavy atom. The summed E-state index contributed by atoms with van der Waals surface area (Å²) >= 11 is 0. The topological polar surface area (TPSA) is 156 Å². The lowest BCUT2D eigenvalue weighted by Gasteiger charge is -2.06. The third kappa shape index (κ3) is 12.8. The quantitative estimate of drug-likeness (QED) is 0.406. The van der Waals surface area contributed by atoms with E-state index < -0.39 is 27.9 Å². The number of carboxylic acid groups (broad SMARTS) is 1. The second-order valence-electron chi connectivity index (χ2n) is 4.13. The molecule has 0 aliphatic heterocycles. The van der Waals surface area contributed by atoms with Crippen LogP contribution in [-0.2, 0) is 19.6 Å². The molecule has 9 nitrogen and oxygen atoms in total. The van der Waals surface area contributed by atoms with Crippen molar-refractivity contribution in [3.8, 4) is 0 Å². The highest BCUT2D eigenvalue weighted by Crippen LogP contribution is 1.99. The molecule has 0 atom stereocenters. The van der Waals surface area contributed by atoms with Gasteiger partial charge in [0.25, 0.3) is 0 Å². The van der Waals surface area contributed by atoms with E-state index in [0.29, 0.717) is 12.8 Å². The minimum atomic E-state index is -3.55. The van der Waals surface area contributed by atoms with Gasteiger partial charge >= 0.3 is 12.0 Å². The lowest BCUT2D eigenvalue weighted by molar-refractivity contribution is -0.137. The number of carbonyl (C=O) groups excluding carboxylic acids is 2. The van der Waals surface area contributed by atoms with Crippen LogP contribution >= 0.6 is 0 Å². The van der Waals surface area contributed by atoms with Crippen LogP contribution < -0.4 is 15.8 Å². The second kappa shape index (κ2) is 9.26. The zero-order valence-corrected chi connectivity index (χ0v) is 11.7. The molecule has 20 heavy (non-hydrogen) atoms. The molecule has 0 unspecified atom stereocenters. The number of nitrogens with two attached hydrogens (primary N) is 1. The Kier molecular flexibility index (Phi) is 8.48. The van der Waals surface area contributed by atoms with Crippen molar-refractivity contribution in [2.75, 3.05) is 12.3 Å². The number of urea groups is 1. The molecular weight excluding hydrogens is 290 g/mol. The zero-order valence-electron chi connectivity index (χ0n) is 10.9. The molecule has 0 fully saturated rings. The standard InChI is InChI=1S/C10H19N3O6S/c11-20(18,19)7-3-6-12-10(17)13-8(14)4-1-2-5-9(15)16/h1-7H2,(H,15,16)(H2,11,18,19)(H2,12,13,14,17). The van der Waals surface area contributed by atoms with Gasteiger partial charge in [0.2, 0.25) is 15.9 Å². The maximum Gasteiger partial charge on any atom is 0.321 e. The number of carboxylic acids is 1. The lowest BCUT2D eigenvalue weighted by Crippen LogP contribution is -2.40. The van der Waals surface area contributed by atoms with E-state index in [2.05, 4.69) is 5.32 Å². The van der Waals surface area contributed by atoms with Crippen molar-refractivity contribution >= 4 is 27.9 Å². The highest BCUT2D eigenvalue weighted by atomic mass is 32.2. The van der Waals surface area contributed by atoms with Gasteiger partial charge in [0, 0.05) is 19.4 Å². The Bertz CT molecular complexity index is 448. The summed E-state index contributed by atoms with van der Waals surface area (Å²) in [5.74, 6) is -1.70. The average molecular weight is 309 g/mol. The van der Waals surface area contributed by atoms with Gasteiger partial charge in [0.1, 0.15) is 0 Å². The Morgan fingerprint density at radius 1 is 1.05 bits per heavy atom. The predicted octanol–water partition coefficient (Wildman–Crippen LogP) is -0.864. The van der Waals surface area contributed by atoms with Crippen LogP contribution in [0.3, 0.4) is 0 Å². The highest BCUT2D eigenvalue weighted by Gasteiger charge is 2.08. The van der Waals surface area contributed by atoms with E-state index in [1.165, 1.54) is 0 Å². The highest BCUT2D eigenvalue weighted by molar-refractivity contribution is 7.89. The first-order valence-corrected chi connectivity index (χ1v) is 7.72. The lowest BCUT2D eigenvalue weighted by atomic mass is 10.2. The summed E-state index contributed by atoms with van der Waals surface area (Å²) in [6, 6.07) is -0.720. The third-order valence-corrected chi connectivity index (χ3v) is 3.05. The summed E-state index contributed by atoms with van der Waals surface area (Å²) in [6.07, 6.45) is 0.916. The number of hydrogen-bond acceptors (Lipinski definition) is 5. The molecule has 116 valence electrons. The number of aliphatic carboxylic acids is 1. The average Bonchev–Trinajstić information content (AvgIpc) is 2.29. The molecular formula is C10H19N3O6S. The molecule has 0 bridgehead atoms. The SMILES string of the molecule is NS(=O)(=O)CCCNC(=O)NC(=O)CCCCC(=O)O. The van der Waals surface area contributed by atoms with E-state index in [9.17, 15) is 22.8 Å². The molecule has 0 aromatic heterocycles. The first-order chi connectivity index (χ1) is 9.20. The number of hydrogen-bond donors (Lipinski definition) is 4. The van der Waals surface area contributed by atoms with Crippen LogP contribution in [0.5, 0.6) is 0 Å². The largest absolute Gasteiger partial charge is 0.481 e. The number of nitrogens with one attached hydrogen (secondary N) is 2. The van der Waals surface area contributed by atoms with Crippen molar-refractivity contribution in [1.82, 2.24) is 10.6 Å². The molecule has 0 aromatic carbocycles. The number of amides is 3. The van der Waals surface area contributed by atoms with Gasteiger partial charge in [-0.1, -0.05) is 0 Å². The van der Waals surface area contributed by atoms with Crippen LogP contribution in [0.25, 0.3) is 0 Å². The van der Waals surface area contributed by atoms with Gasteiger partial charge < -0.3 is 10.4 Å². The van der Waals surface area contributed by atoms with Crippen molar-refractivity contribution in [2.45, 2.75) is 32.1 Å². The maximum absolute atomic E-state index is 11.3. The van der Waals surface area contributed by atoms with Gasteiger partial charge in [-0.25, -0.2) is 18.4 Å². The van der Waals surface area contributed by atoms with Crippen LogP contribution in [0.15, 0.2) is 0 Å². The van der Waals surface area contributed by atoms with Gasteiger partial charge in [0.05, 0.1) is 5.75 Å².